The summed E-state index contributed by atoms with van der Waals surface area (Å²) in [5.74, 6) is 0.227. The number of nitrogens with zero attached hydrogens (tertiary/aromatic N) is 2. The van der Waals surface area contributed by atoms with E-state index in [0.29, 0.717) is 6.54 Å². The Morgan fingerprint density at radius 2 is 1.48 bits per heavy atom. The van der Waals surface area contributed by atoms with Gasteiger partial charge < -0.3 is 9.38 Å². The molecule has 0 radical (unpaired) electrons. The van der Waals surface area contributed by atoms with Gasteiger partial charge in [0.1, 0.15) is 6.54 Å². The van der Waals surface area contributed by atoms with E-state index in [2.05, 4.69) is 62.4 Å². The van der Waals surface area contributed by atoms with Crippen LogP contribution in [0.15, 0.2) is 48.5 Å². The van der Waals surface area contributed by atoms with Crippen molar-refractivity contribution < 1.29 is 9.28 Å². The lowest BCUT2D eigenvalue weighted by Crippen LogP contribution is -2.53. The molecule has 0 atom stereocenters. The van der Waals surface area contributed by atoms with Crippen molar-refractivity contribution in [2.45, 2.75) is 46.1 Å². The van der Waals surface area contributed by atoms with Gasteiger partial charge in [0.05, 0.1) is 13.1 Å². The maximum Gasteiger partial charge on any atom is 0.281 e. The maximum atomic E-state index is 13.3. The standard InChI is InChI=1S/C24H33N2O/c1-20-12-11-13-21(2)24(20)25(3)23(27)19-26(16-9-4-5-10-17-26)18-22-14-7-6-8-15-22/h6-8,11-15H,4-5,9-10,16-19H2,1-3H3/q+1. The molecular formula is C24H33N2O+. The second-order valence-corrected chi connectivity index (χ2v) is 8.20. The molecule has 1 aliphatic rings. The van der Waals surface area contributed by atoms with Gasteiger partial charge in [-0.1, -0.05) is 48.5 Å². The lowest BCUT2D eigenvalue weighted by atomic mass is 10.1. The van der Waals surface area contributed by atoms with Crippen LogP contribution < -0.4 is 4.90 Å². The normalized spacial score (nSPS) is 16.6. The zero-order valence-electron chi connectivity index (χ0n) is 17.1. The van der Waals surface area contributed by atoms with E-state index in [1.54, 1.807) is 0 Å². The van der Waals surface area contributed by atoms with Crippen molar-refractivity contribution in [1.29, 1.82) is 0 Å². The number of hydrogen-bond acceptors (Lipinski definition) is 1. The minimum Gasteiger partial charge on any atom is -0.312 e. The van der Waals surface area contributed by atoms with Crippen molar-refractivity contribution in [1.82, 2.24) is 0 Å². The summed E-state index contributed by atoms with van der Waals surface area (Å²) in [5, 5.41) is 0. The molecule has 0 aliphatic carbocycles. The van der Waals surface area contributed by atoms with Gasteiger partial charge in [-0.25, -0.2) is 0 Å². The Bertz CT molecular complexity index is 741. The first-order valence-corrected chi connectivity index (χ1v) is 10.2. The molecule has 0 aromatic heterocycles. The van der Waals surface area contributed by atoms with Crippen LogP contribution in [0.1, 0.15) is 42.4 Å². The number of rotatable bonds is 5. The van der Waals surface area contributed by atoms with Crippen molar-refractivity contribution in [3.63, 3.8) is 0 Å². The highest BCUT2D eigenvalue weighted by Crippen LogP contribution is 2.26. The highest BCUT2D eigenvalue weighted by Gasteiger charge is 2.33. The van der Waals surface area contributed by atoms with Gasteiger partial charge in [-0.05, 0) is 50.7 Å². The molecule has 0 N–H and O–H groups in total. The van der Waals surface area contributed by atoms with E-state index in [-0.39, 0.29) is 5.91 Å². The lowest BCUT2D eigenvalue weighted by Gasteiger charge is -2.38. The summed E-state index contributed by atoms with van der Waals surface area (Å²) in [7, 11) is 1.94. The number of likely N-dealkylation sites (N-methyl/N-ethyl adjacent to an activating group) is 1. The molecular weight excluding hydrogens is 332 g/mol. The third kappa shape index (κ3) is 4.78. The molecule has 144 valence electrons. The molecule has 1 amide bonds. The number of hydrogen-bond donors (Lipinski definition) is 0. The van der Waals surface area contributed by atoms with Gasteiger partial charge in [-0.3, -0.25) is 4.79 Å². The third-order valence-electron chi connectivity index (χ3n) is 6.00. The van der Waals surface area contributed by atoms with Crippen LogP contribution in [0.3, 0.4) is 0 Å². The highest BCUT2D eigenvalue weighted by molar-refractivity contribution is 5.95. The average Bonchev–Trinajstić information content (AvgIpc) is 2.88. The van der Waals surface area contributed by atoms with E-state index >= 15 is 0 Å². The first-order valence-electron chi connectivity index (χ1n) is 10.2. The van der Waals surface area contributed by atoms with Crippen molar-refractivity contribution in [3.05, 3.63) is 65.2 Å². The Balaban J connectivity index is 1.83. The number of carbonyl (C=O) groups is 1. The van der Waals surface area contributed by atoms with Gasteiger partial charge in [0, 0.05) is 18.3 Å². The fourth-order valence-corrected chi connectivity index (χ4v) is 4.56. The number of para-hydroxylation sites is 1. The summed E-state index contributed by atoms with van der Waals surface area (Å²) in [6.07, 6.45) is 5.01. The van der Waals surface area contributed by atoms with Crippen LogP contribution in [0.4, 0.5) is 5.69 Å². The van der Waals surface area contributed by atoms with Crippen LogP contribution in [-0.2, 0) is 11.3 Å². The second-order valence-electron chi connectivity index (χ2n) is 8.20. The molecule has 0 spiro atoms. The van der Waals surface area contributed by atoms with Crippen molar-refractivity contribution >= 4 is 11.6 Å². The number of likely N-dealkylation sites (tertiary alicyclic amines) is 1. The number of benzene rings is 2. The molecule has 1 saturated heterocycles. The van der Waals surface area contributed by atoms with Gasteiger partial charge in [0.2, 0.25) is 0 Å². The van der Waals surface area contributed by atoms with Gasteiger partial charge in [-0.15, -0.1) is 0 Å². The van der Waals surface area contributed by atoms with Crippen LogP contribution in [0, 0.1) is 13.8 Å². The molecule has 2 aromatic rings. The number of carbonyl (C=O) groups excluding carboxylic acids is 1. The van der Waals surface area contributed by atoms with E-state index in [1.807, 2.05) is 11.9 Å². The Hall–Kier alpha value is -2.13. The topological polar surface area (TPSA) is 20.3 Å². The summed E-state index contributed by atoms with van der Waals surface area (Å²) in [5.41, 5.74) is 4.73. The zero-order chi connectivity index (χ0) is 19.3. The molecule has 2 aromatic carbocycles. The van der Waals surface area contributed by atoms with Gasteiger partial charge in [0.25, 0.3) is 5.91 Å². The lowest BCUT2D eigenvalue weighted by molar-refractivity contribution is -0.932. The van der Waals surface area contributed by atoms with Crippen LogP contribution >= 0.6 is 0 Å². The zero-order valence-corrected chi connectivity index (χ0v) is 17.1. The molecule has 3 rings (SSSR count). The minimum absolute atomic E-state index is 0.227. The number of amides is 1. The van der Waals surface area contributed by atoms with Crippen LogP contribution in [0.2, 0.25) is 0 Å². The molecule has 1 heterocycles. The third-order valence-corrected chi connectivity index (χ3v) is 6.00. The van der Waals surface area contributed by atoms with E-state index in [0.717, 1.165) is 40.9 Å². The van der Waals surface area contributed by atoms with Gasteiger partial charge >= 0.3 is 0 Å². The monoisotopic (exact) mass is 365 g/mol. The van der Waals surface area contributed by atoms with E-state index in [4.69, 9.17) is 0 Å². The molecule has 0 unspecified atom stereocenters. The summed E-state index contributed by atoms with van der Waals surface area (Å²) >= 11 is 0. The first kappa shape index (κ1) is 19.6. The fraction of sp³-hybridized carbons (Fsp3) is 0.458. The predicted molar refractivity (Wildman–Crippen MR) is 113 cm³/mol. The van der Waals surface area contributed by atoms with Crippen molar-refractivity contribution in [3.8, 4) is 0 Å². The Morgan fingerprint density at radius 1 is 0.889 bits per heavy atom. The van der Waals surface area contributed by atoms with Gasteiger partial charge in [-0.2, -0.15) is 0 Å². The second kappa shape index (κ2) is 8.71. The van der Waals surface area contributed by atoms with E-state index in [1.165, 1.54) is 31.2 Å². The average molecular weight is 366 g/mol. The smallest absolute Gasteiger partial charge is 0.281 e. The molecule has 1 fully saturated rings. The summed E-state index contributed by atoms with van der Waals surface area (Å²) in [6, 6.07) is 16.9. The minimum atomic E-state index is 0.227. The molecule has 3 heteroatoms. The Labute approximate surface area is 164 Å². The number of quaternary nitrogens is 1. The fourth-order valence-electron chi connectivity index (χ4n) is 4.56. The molecule has 27 heavy (non-hydrogen) atoms. The van der Waals surface area contributed by atoms with E-state index in [9.17, 15) is 4.79 Å². The largest absolute Gasteiger partial charge is 0.312 e. The quantitative estimate of drug-likeness (QED) is 0.693. The number of anilines is 1. The summed E-state index contributed by atoms with van der Waals surface area (Å²) in [4.78, 5) is 15.2. The molecule has 0 bridgehead atoms. The maximum absolute atomic E-state index is 13.3. The first-order chi connectivity index (χ1) is 13.0. The van der Waals surface area contributed by atoms with E-state index < -0.39 is 0 Å². The highest BCUT2D eigenvalue weighted by atomic mass is 16.2. The van der Waals surface area contributed by atoms with Crippen molar-refractivity contribution in [2.24, 2.45) is 0 Å². The molecule has 1 aliphatic heterocycles. The van der Waals surface area contributed by atoms with Crippen molar-refractivity contribution in [2.75, 3.05) is 31.6 Å². The van der Waals surface area contributed by atoms with Crippen LogP contribution in [0.5, 0.6) is 0 Å². The number of aryl methyl sites for hydroxylation is 2. The predicted octanol–water partition coefficient (Wildman–Crippen LogP) is 4.86. The Kier molecular flexibility index (Phi) is 6.33. The van der Waals surface area contributed by atoms with Crippen LogP contribution in [-0.4, -0.2) is 37.1 Å². The van der Waals surface area contributed by atoms with Crippen LogP contribution in [0.25, 0.3) is 0 Å². The Morgan fingerprint density at radius 3 is 2.07 bits per heavy atom. The summed E-state index contributed by atoms with van der Waals surface area (Å²) < 4.78 is 0.887. The molecule has 3 nitrogen and oxygen atoms in total. The SMILES string of the molecule is Cc1cccc(C)c1N(C)C(=O)C[N+]1(Cc2ccccc2)CCCCCC1. The summed E-state index contributed by atoms with van der Waals surface area (Å²) in [6.45, 7) is 7.91. The molecule has 0 saturated carbocycles. The van der Waals surface area contributed by atoms with Gasteiger partial charge in [0.15, 0.2) is 6.54 Å².